The maximum absolute atomic E-state index is 12.1. The Kier molecular flexibility index (Phi) is 3.33. The highest BCUT2D eigenvalue weighted by atomic mass is 16.3. The van der Waals surface area contributed by atoms with Crippen molar-refractivity contribution in [2.45, 2.75) is 32.8 Å². The third-order valence-electron chi connectivity index (χ3n) is 3.74. The van der Waals surface area contributed by atoms with Crippen molar-refractivity contribution in [3.8, 4) is 0 Å². The summed E-state index contributed by atoms with van der Waals surface area (Å²) in [7, 11) is 0. The second-order valence-corrected chi connectivity index (χ2v) is 5.25. The standard InChI is InChI=1S/C13H19NO3/c1-8(2)11(15)7-14-12(16)9-5-3-4-6-10(9)13(14)17/h3-4,8-11,15H,5-7H2,1-2H3. The number of carbonyl (C=O) groups is 2. The molecule has 2 aliphatic rings. The summed E-state index contributed by atoms with van der Waals surface area (Å²) in [4.78, 5) is 25.4. The smallest absolute Gasteiger partial charge is 0.233 e. The summed E-state index contributed by atoms with van der Waals surface area (Å²) in [5, 5.41) is 9.79. The predicted molar refractivity (Wildman–Crippen MR) is 62.9 cm³/mol. The second kappa shape index (κ2) is 4.61. The minimum Gasteiger partial charge on any atom is -0.391 e. The first-order valence-corrected chi connectivity index (χ1v) is 6.20. The summed E-state index contributed by atoms with van der Waals surface area (Å²) in [5.41, 5.74) is 0. The zero-order valence-electron chi connectivity index (χ0n) is 10.3. The zero-order chi connectivity index (χ0) is 12.6. The molecule has 4 nitrogen and oxygen atoms in total. The van der Waals surface area contributed by atoms with Gasteiger partial charge in [-0.1, -0.05) is 26.0 Å². The lowest BCUT2D eigenvalue weighted by Crippen LogP contribution is -2.39. The molecule has 0 aromatic heterocycles. The lowest BCUT2D eigenvalue weighted by atomic mass is 9.85. The van der Waals surface area contributed by atoms with E-state index in [0.717, 1.165) is 0 Å². The van der Waals surface area contributed by atoms with E-state index in [1.165, 1.54) is 4.90 Å². The summed E-state index contributed by atoms with van der Waals surface area (Å²) < 4.78 is 0. The minimum atomic E-state index is -0.629. The Morgan fingerprint density at radius 2 is 1.71 bits per heavy atom. The Morgan fingerprint density at radius 3 is 2.12 bits per heavy atom. The number of carbonyl (C=O) groups excluding carboxylic acids is 2. The number of imide groups is 1. The van der Waals surface area contributed by atoms with E-state index < -0.39 is 6.10 Å². The Labute approximate surface area is 101 Å². The summed E-state index contributed by atoms with van der Waals surface area (Å²) >= 11 is 0. The Balaban J connectivity index is 2.10. The van der Waals surface area contributed by atoms with E-state index in [0.29, 0.717) is 12.8 Å². The number of likely N-dealkylation sites (tertiary alicyclic amines) is 1. The van der Waals surface area contributed by atoms with Gasteiger partial charge in [0.1, 0.15) is 0 Å². The van der Waals surface area contributed by atoms with E-state index in [4.69, 9.17) is 0 Å². The van der Waals surface area contributed by atoms with Gasteiger partial charge in [-0.2, -0.15) is 0 Å². The topological polar surface area (TPSA) is 57.6 Å². The molecule has 0 saturated carbocycles. The highest BCUT2D eigenvalue weighted by Gasteiger charge is 2.47. The van der Waals surface area contributed by atoms with Crippen molar-refractivity contribution in [3.05, 3.63) is 12.2 Å². The van der Waals surface area contributed by atoms with Crippen molar-refractivity contribution in [3.63, 3.8) is 0 Å². The molecule has 0 bridgehead atoms. The van der Waals surface area contributed by atoms with Crippen LogP contribution >= 0.6 is 0 Å². The average Bonchev–Trinajstić information content (AvgIpc) is 2.55. The van der Waals surface area contributed by atoms with Gasteiger partial charge in [0.15, 0.2) is 0 Å². The van der Waals surface area contributed by atoms with Crippen LogP contribution in [0.2, 0.25) is 0 Å². The van der Waals surface area contributed by atoms with Crippen LogP contribution in [-0.4, -0.2) is 34.5 Å². The molecule has 3 atom stereocenters. The number of amides is 2. The first kappa shape index (κ1) is 12.3. The molecule has 94 valence electrons. The molecule has 0 aromatic carbocycles. The van der Waals surface area contributed by atoms with Gasteiger partial charge >= 0.3 is 0 Å². The van der Waals surface area contributed by atoms with Gasteiger partial charge < -0.3 is 5.11 Å². The van der Waals surface area contributed by atoms with Crippen molar-refractivity contribution < 1.29 is 14.7 Å². The number of fused-ring (bicyclic) bond motifs is 1. The fourth-order valence-corrected chi connectivity index (χ4v) is 2.45. The SMILES string of the molecule is CC(C)C(O)CN1C(=O)C2CC=CCC2C1=O. The first-order valence-electron chi connectivity index (χ1n) is 6.20. The molecule has 1 aliphatic carbocycles. The molecule has 0 spiro atoms. The molecule has 1 fully saturated rings. The maximum Gasteiger partial charge on any atom is 0.233 e. The molecule has 1 aliphatic heterocycles. The van der Waals surface area contributed by atoms with Gasteiger partial charge in [-0.05, 0) is 18.8 Å². The fraction of sp³-hybridized carbons (Fsp3) is 0.692. The molecule has 0 aromatic rings. The maximum atomic E-state index is 12.1. The lowest BCUT2D eigenvalue weighted by Gasteiger charge is -2.21. The molecule has 1 saturated heterocycles. The summed E-state index contributed by atoms with van der Waals surface area (Å²) in [6.07, 6.45) is 4.62. The van der Waals surface area contributed by atoms with E-state index in [1.54, 1.807) is 0 Å². The van der Waals surface area contributed by atoms with E-state index in [2.05, 4.69) is 0 Å². The molecule has 3 unspecified atom stereocenters. The van der Waals surface area contributed by atoms with Crippen LogP contribution in [0.1, 0.15) is 26.7 Å². The van der Waals surface area contributed by atoms with Gasteiger partial charge in [-0.3, -0.25) is 14.5 Å². The molecule has 0 radical (unpaired) electrons. The minimum absolute atomic E-state index is 0.0522. The van der Waals surface area contributed by atoms with Crippen molar-refractivity contribution in [1.29, 1.82) is 0 Å². The molecule has 2 amide bonds. The third-order valence-corrected chi connectivity index (χ3v) is 3.74. The van der Waals surface area contributed by atoms with Crippen LogP contribution < -0.4 is 0 Å². The molecular weight excluding hydrogens is 218 g/mol. The van der Waals surface area contributed by atoms with E-state index in [9.17, 15) is 14.7 Å². The molecule has 1 heterocycles. The van der Waals surface area contributed by atoms with Gasteiger partial charge in [-0.25, -0.2) is 0 Å². The summed E-state index contributed by atoms with van der Waals surface area (Å²) in [6, 6.07) is 0. The zero-order valence-corrected chi connectivity index (χ0v) is 10.3. The van der Waals surface area contributed by atoms with Gasteiger partial charge in [0.25, 0.3) is 0 Å². The second-order valence-electron chi connectivity index (χ2n) is 5.25. The van der Waals surface area contributed by atoms with E-state index in [1.807, 2.05) is 26.0 Å². The number of hydrogen-bond acceptors (Lipinski definition) is 3. The van der Waals surface area contributed by atoms with Crippen LogP contribution in [0.15, 0.2) is 12.2 Å². The van der Waals surface area contributed by atoms with Crippen molar-refractivity contribution >= 4 is 11.8 Å². The van der Waals surface area contributed by atoms with Gasteiger partial charge in [0.05, 0.1) is 24.5 Å². The number of hydrogen-bond donors (Lipinski definition) is 1. The molecule has 4 heteroatoms. The van der Waals surface area contributed by atoms with Gasteiger partial charge in [0.2, 0.25) is 11.8 Å². The number of aliphatic hydroxyl groups is 1. The van der Waals surface area contributed by atoms with Crippen LogP contribution in [0.3, 0.4) is 0 Å². The quantitative estimate of drug-likeness (QED) is 0.587. The van der Waals surface area contributed by atoms with Gasteiger partial charge in [-0.15, -0.1) is 0 Å². The molecule has 2 rings (SSSR count). The number of β-amino-alcohol motifs (C(OH)–C–C–N with tert-alkyl or cyclic N) is 1. The highest BCUT2D eigenvalue weighted by Crippen LogP contribution is 2.35. The van der Waals surface area contributed by atoms with Gasteiger partial charge in [0, 0.05) is 0 Å². The molecule has 1 N–H and O–H groups in total. The van der Waals surface area contributed by atoms with Crippen molar-refractivity contribution in [1.82, 2.24) is 4.90 Å². The molecular formula is C13H19NO3. The lowest BCUT2D eigenvalue weighted by molar-refractivity contribution is -0.141. The van der Waals surface area contributed by atoms with Crippen LogP contribution in [0.5, 0.6) is 0 Å². The largest absolute Gasteiger partial charge is 0.391 e. The van der Waals surface area contributed by atoms with E-state index >= 15 is 0 Å². The third kappa shape index (κ3) is 2.14. The Hall–Kier alpha value is -1.16. The summed E-state index contributed by atoms with van der Waals surface area (Å²) in [5.74, 6) is -0.539. The normalized spacial score (nSPS) is 30.0. The van der Waals surface area contributed by atoms with Crippen LogP contribution in [0.4, 0.5) is 0 Å². The van der Waals surface area contributed by atoms with Crippen LogP contribution in [0, 0.1) is 17.8 Å². The fourth-order valence-electron chi connectivity index (χ4n) is 2.45. The van der Waals surface area contributed by atoms with Crippen molar-refractivity contribution in [2.24, 2.45) is 17.8 Å². The summed E-state index contributed by atoms with van der Waals surface area (Å²) in [6.45, 7) is 3.90. The number of aliphatic hydroxyl groups excluding tert-OH is 1. The number of nitrogens with zero attached hydrogens (tertiary/aromatic N) is 1. The molecule has 17 heavy (non-hydrogen) atoms. The van der Waals surface area contributed by atoms with Crippen LogP contribution in [-0.2, 0) is 9.59 Å². The Bertz CT molecular complexity index is 336. The first-order chi connectivity index (χ1) is 8.02. The average molecular weight is 237 g/mol. The number of allylic oxidation sites excluding steroid dienone is 2. The van der Waals surface area contributed by atoms with E-state index in [-0.39, 0.29) is 36.1 Å². The van der Waals surface area contributed by atoms with Crippen LogP contribution in [0.25, 0.3) is 0 Å². The number of rotatable bonds is 3. The van der Waals surface area contributed by atoms with Crippen molar-refractivity contribution in [2.75, 3.05) is 6.54 Å². The monoisotopic (exact) mass is 237 g/mol. The Morgan fingerprint density at radius 1 is 1.24 bits per heavy atom. The predicted octanol–water partition coefficient (Wildman–Crippen LogP) is 0.954. The highest BCUT2D eigenvalue weighted by molar-refractivity contribution is 6.05.